The number of methoxy groups -OCH3 is 3. The number of rotatable bonds is 8. The molecule has 1 aliphatic heterocycles. The van der Waals surface area contributed by atoms with E-state index in [1.807, 2.05) is 48.5 Å². The maximum Gasteiger partial charge on any atom is 0.302 e. The van der Waals surface area contributed by atoms with Crippen molar-refractivity contribution in [2.75, 3.05) is 39.4 Å². The molecule has 1 amide bonds. The normalized spacial score (nSPS) is 14.3. The zero-order chi connectivity index (χ0) is 29.2. The van der Waals surface area contributed by atoms with Crippen molar-refractivity contribution in [2.24, 2.45) is 0 Å². The summed E-state index contributed by atoms with van der Waals surface area (Å²) in [7, 11) is 4.86. The summed E-state index contributed by atoms with van der Waals surface area (Å²) < 4.78 is 27.1. The lowest BCUT2D eigenvalue weighted by atomic mass is 9.93. The highest BCUT2D eigenvalue weighted by Crippen LogP contribution is 2.41. The first-order valence-corrected chi connectivity index (χ1v) is 13.4. The summed E-state index contributed by atoms with van der Waals surface area (Å²) in [4.78, 5) is 24.9. The van der Waals surface area contributed by atoms with Crippen molar-refractivity contribution in [3.05, 3.63) is 81.9 Å². The average Bonchev–Trinajstić information content (AvgIpc) is 3.08. The Morgan fingerprint density at radius 1 is 0.975 bits per heavy atom. The third-order valence-electron chi connectivity index (χ3n) is 6.43. The predicted molar refractivity (Wildman–Crippen MR) is 155 cm³/mol. The Morgan fingerprint density at radius 2 is 1.73 bits per heavy atom. The first-order valence-electron chi connectivity index (χ1n) is 13.0. The number of fused-ring (bicyclic) bond motifs is 1. The molecule has 0 aromatic heterocycles. The van der Waals surface area contributed by atoms with Crippen LogP contribution in [0.15, 0.2) is 54.6 Å². The third kappa shape index (κ3) is 7.25. The van der Waals surface area contributed by atoms with E-state index in [1.54, 1.807) is 39.2 Å². The Kier molecular flexibility index (Phi) is 11.2. The van der Waals surface area contributed by atoms with Crippen LogP contribution in [0.25, 0.3) is 0 Å². The van der Waals surface area contributed by atoms with E-state index >= 15 is 0 Å². The van der Waals surface area contributed by atoms with Crippen LogP contribution in [0.3, 0.4) is 0 Å². The molecular formula is C31H36ClNO7. The van der Waals surface area contributed by atoms with Crippen molar-refractivity contribution in [3.8, 4) is 17.2 Å². The summed E-state index contributed by atoms with van der Waals surface area (Å²) in [5, 5.41) is 0.574. The van der Waals surface area contributed by atoms with Crippen molar-refractivity contribution in [2.45, 2.75) is 39.8 Å². The molecule has 0 saturated heterocycles. The van der Waals surface area contributed by atoms with E-state index in [0.29, 0.717) is 29.7 Å². The second-order valence-corrected chi connectivity index (χ2v) is 9.29. The molecule has 3 aromatic carbocycles. The highest BCUT2D eigenvalue weighted by Gasteiger charge is 2.32. The van der Waals surface area contributed by atoms with Gasteiger partial charge < -0.3 is 28.6 Å². The predicted octanol–water partition coefficient (Wildman–Crippen LogP) is 6.15. The van der Waals surface area contributed by atoms with Gasteiger partial charge in [0.05, 0.1) is 40.2 Å². The van der Waals surface area contributed by atoms with Gasteiger partial charge in [0.2, 0.25) is 0 Å². The number of carbonyl (C=O) groups excluding carboxylic acids is 2. The fourth-order valence-corrected chi connectivity index (χ4v) is 4.80. The summed E-state index contributed by atoms with van der Waals surface area (Å²) in [6.45, 7) is 5.97. The van der Waals surface area contributed by atoms with E-state index in [0.717, 1.165) is 40.1 Å². The summed E-state index contributed by atoms with van der Waals surface area (Å²) in [6.07, 6.45) is 0.293. The Hall–Kier alpha value is -3.75. The lowest BCUT2D eigenvalue weighted by molar-refractivity contribution is -0.140. The van der Waals surface area contributed by atoms with Crippen molar-refractivity contribution in [1.82, 2.24) is 0 Å². The SMILES string of the molecule is CCOC(C)=O.CCc1c(OC)cccc1[C@H]1OCC(=O)N(Cc2ccc(OC)cc2OC)c2ccc(Cl)cc21. The minimum atomic E-state index is -0.467. The van der Waals surface area contributed by atoms with E-state index < -0.39 is 6.10 Å². The lowest BCUT2D eigenvalue weighted by Gasteiger charge is -2.25. The fraction of sp³-hybridized carbons (Fsp3) is 0.355. The number of hydrogen-bond acceptors (Lipinski definition) is 7. The van der Waals surface area contributed by atoms with Crippen LogP contribution in [0.2, 0.25) is 5.02 Å². The minimum Gasteiger partial charge on any atom is -0.497 e. The zero-order valence-corrected chi connectivity index (χ0v) is 24.5. The molecule has 214 valence electrons. The summed E-state index contributed by atoms with van der Waals surface area (Å²) in [5.41, 5.74) is 4.43. The van der Waals surface area contributed by atoms with Crippen LogP contribution in [0.4, 0.5) is 5.69 Å². The van der Waals surface area contributed by atoms with Gasteiger partial charge in [-0.15, -0.1) is 0 Å². The molecule has 40 heavy (non-hydrogen) atoms. The van der Waals surface area contributed by atoms with Crippen LogP contribution < -0.4 is 19.1 Å². The number of ether oxygens (including phenoxy) is 5. The van der Waals surface area contributed by atoms with Gasteiger partial charge in [-0.1, -0.05) is 30.7 Å². The van der Waals surface area contributed by atoms with E-state index in [2.05, 4.69) is 11.7 Å². The van der Waals surface area contributed by atoms with Crippen LogP contribution in [0.1, 0.15) is 49.1 Å². The number of anilines is 1. The van der Waals surface area contributed by atoms with Gasteiger partial charge >= 0.3 is 5.97 Å². The molecule has 9 heteroatoms. The van der Waals surface area contributed by atoms with E-state index in [4.69, 9.17) is 30.5 Å². The first-order chi connectivity index (χ1) is 19.3. The first kappa shape index (κ1) is 30.8. The van der Waals surface area contributed by atoms with Crippen LogP contribution in [0.5, 0.6) is 17.2 Å². The molecule has 1 aliphatic rings. The number of benzene rings is 3. The van der Waals surface area contributed by atoms with Gasteiger partial charge in [0.1, 0.15) is 30.0 Å². The molecule has 0 spiro atoms. The van der Waals surface area contributed by atoms with E-state index in [9.17, 15) is 9.59 Å². The van der Waals surface area contributed by atoms with Crippen molar-refractivity contribution < 1.29 is 33.3 Å². The molecule has 0 bridgehead atoms. The van der Waals surface area contributed by atoms with Crippen LogP contribution >= 0.6 is 11.6 Å². The summed E-state index contributed by atoms with van der Waals surface area (Å²) in [6, 6.07) is 17.0. The molecular weight excluding hydrogens is 534 g/mol. The zero-order valence-electron chi connectivity index (χ0n) is 23.8. The molecule has 8 nitrogen and oxygen atoms in total. The molecule has 4 rings (SSSR count). The molecule has 1 atom stereocenters. The van der Waals surface area contributed by atoms with Crippen molar-refractivity contribution in [3.63, 3.8) is 0 Å². The summed E-state index contributed by atoms with van der Waals surface area (Å²) in [5.74, 6) is 1.76. The van der Waals surface area contributed by atoms with E-state index in [-0.39, 0.29) is 18.5 Å². The maximum atomic E-state index is 13.3. The van der Waals surface area contributed by atoms with Gasteiger partial charge in [-0.3, -0.25) is 9.59 Å². The Balaban J connectivity index is 0.000000663. The number of hydrogen-bond donors (Lipinski definition) is 0. The topological polar surface area (TPSA) is 83.5 Å². The quantitative estimate of drug-likeness (QED) is 0.301. The number of carbonyl (C=O) groups is 2. The van der Waals surface area contributed by atoms with Crippen molar-refractivity contribution in [1.29, 1.82) is 0 Å². The van der Waals surface area contributed by atoms with Gasteiger partial charge in [-0.25, -0.2) is 0 Å². The second-order valence-electron chi connectivity index (χ2n) is 8.86. The third-order valence-corrected chi connectivity index (χ3v) is 6.67. The molecule has 0 saturated carbocycles. The van der Waals surface area contributed by atoms with Gasteiger partial charge in [0, 0.05) is 29.1 Å². The number of nitrogens with zero attached hydrogens (tertiary/aromatic N) is 1. The largest absolute Gasteiger partial charge is 0.497 e. The molecule has 0 N–H and O–H groups in total. The monoisotopic (exact) mass is 569 g/mol. The summed E-state index contributed by atoms with van der Waals surface area (Å²) >= 11 is 6.42. The maximum absolute atomic E-state index is 13.3. The molecule has 0 fully saturated rings. The Morgan fingerprint density at radius 3 is 2.33 bits per heavy atom. The van der Waals surface area contributed by atoms with Crippen molar-refractivity contribution >= 4 is 29.2 Å². The lowest BCUT2D eigenvalue weighted by Crippen LogP contribution is -2.32. The smallest absolute Gasteiger partial charge is 0.302 e. The van der Waals surface area contributed by atoms with Gasteiger partial charge in [0.15, 0.2) is 0 Å². The molecule has 1 heterocycles. The van der Waals surface area contributed by atoms with E-state index in [1.165, 1.54) is 6.92 Å². The number of halogens is 1. The van der Waals surface area contributed by atoms with Crippen LogP contribution in [-0.2, 0) is 32.0 Å². The molecule has 3 aromatic rings. The fourth-order valence-electron chi connectivity index (χ4n) is 4.62. The molecule has 0 aliphatic carbocycles. The standard InChI is InChI=1S/C27H28ClNO5.C4H8O2/c1-5-20-21(7-6-8-24(20)32-3)27-22-13-18(28)10-12-23(22)29(26(30)16-34-27)15-17-9-11-19(31-2)14-25(17)33-4;1-3-6-4(2)5/h6-14,27H,5,15-16H2,1-4H3;3H2,1-2H3/t27-;/m1./s1. The van der Waals surface area contributed by atoms with Gasteiger partial charge in [0.25, 0.3) is 5.91 Å². The molecule has 0 unspecified atom stereocenters. The minimum absolute atomic E-state index is 0.0736. The number of esters is 1. The Labute approximate surface area is 240 Å². The second kappa shape index (κ2) is 14.6. The van der Waals surface area contributed by atoms with Gasteiger partial charge in [-0.2, -0.15) is 0 Å². The number of amides is 1. The highest BCUT2D eigenvalue weighted by atomic mass is 35.5. The van der Waals surface area contributed by atoms with Crippen LogP contribution in [0, 0.1) is 0 Å². The molecule has 0 radical (unpaired) electrons. The van der Waals surface area contributed by atoms with Gasteiger partial charge in [-0.05, 0) is 60.9 Å². The average molecular weight is 570 g/mol. The van der Waals surface area contributed by atoms with Crippen LogP contribution in [-0.4, -0.2) is 46.4 Å². The Bertz CT molecular complexity index is 1330. The highest BCUT2D eigenvalue weighted by molar-refractivity contribution is 6.30.